The third-order valence-electron chi connectivity index (χ3n) is 3.74. The minimum absolute atomic E-state index is 0.446. The minimum Gasteiger partial charge on any atom is -0.387 e. The Bertz CT molecular complexity index is 540. The summed E-state index contributed by atoms with van der Waals surface area (Å²) in [5.74, 6) is 0. The molecule has 0 bridgehead atoms. The van der Waals surface area contributed by atoms with Crippen LogP contribution in [-0.2, 0) is 6.54 Å². The molecule has 0 saturated heterocycles. The van der Waals surface area contributed by atoms with Gasteiger partial charge in [-0.25, -0.2) is 4.98 Å². The largest absolute Gasteiger partial charge is 0.387 e. The molecule has 21 heavy (non-hydrogen) atoms. The van der Waals surface area contributed by atoms with E-state index in [0.29, 0.717) is 6.54 Å². The van der Waals surface area contributed by atoms with Gasteiger partial charge < -0.3 is 15.0 Å². The topological polar surface area (TPSA) is 50.1 Å². The van der Waals surface area contributed by atoms with E-state index < -0.39 is 6.10 Å². The van der Waals surface area contributed by atoms with Gasteiger partial charge >= 0.3 is 0 Å². The normalized spacial score (nSPS) is 12.6. The van der Waals surface area contributed by atoms with Gasteiger partial charge in [0.1, 0.15) is 0 Å². The molecule has 0 aliphatic heterocycles. The fourth-order valence-electron chi connectivity index (χ4n) is 2.86. The molecule has 2 aromatic rings. The van der Waals surface area contributed by atoms with Gasteiger partial charge in [-0.05, 0) is 50.4 Å². The van der Waals surface area contributed by atoms with Gasteiger partial charge in [0.25, 0.3) is 0 Å². The Balaban J connectivity index is 1.78. The molecule has 114 valence electrons. The third-order valence-corrected chi connectivity index (χ3v) is 3.74. The lowest BCUT2D eigenvalue weighted by Gasteiger charge is -2.18. The summed E-state index contributed by atoms with van der Waals surface area (Å²) in [5, 5.41) is 13.7. The van der Waals surface area contributed by atoms with Crippen molar-refractivity contribution in [3.63, 3.8) is 0 Å². The lowest BCUT2D eigenvalue weighted by molar-refractivity contribution is 0.173. The maximum atomic E-state index is 10.4. The Labute approximate surface area is 126 Å². The number of rotatable bonds is 7. The second-order valence-corrected chi connectivity index (χ2v) is 5.69. The maximum Gasteiger partial charge on any atom is 0.0945 e. The first-order valence-electron chi connectivity index (χ1n) is 7.50. The van der Waals surface area contributed by atoms with Crippen LogP contribution in [0.25, 0.3) is 0 Å². The van der Waals surface area contributed by atoms with Crippen LogP contribution in [-0.4, -0.2) is 27.7 Å². The van der Waals surface area contributed by atoms with Crippen molar-refractivity contribution >= 4 is 0 Å². The number of aliphatic hydroxyl groups is 1. The number of aromatic nitrogens is 2. The van der Waals surface area contributed by atoms with Crippen molar-refractivity contribution in [2.24, 2.45) is 0 Å². The quantitative estimate of drug-likeness (QED) is 0.769. The summed E-state index contributed by atoms with van der Waals surface area (Å²) in [5.41, 5.74) is 4.64. The molecule has 2 rings (SSSR count). The van der Waals surface area contributed by atoms with Crippen molar-refractivity contribution in [1.82, 2.24) is 14.9 Å². The standard InChI is InChI=1S/C17H25N3O/c1-13-9-14(2)17(15(3)10-13)16(21)11-18-5-4-7-20-8-6-19-12-20/h6,8-10,12,16,18,21H,4-5,7,11H2,1-3H3. The van der Waals surface area contributed by atoms with Gasteiger partial charge in [-0.1, -0.05) is 17.7 Å². The van der Waals surface area contributed by atoms with E-state index in [4.69, 9.17) is 0 Å². The second kappa shape index (κ2) is 7.38. The molecule has 2 N–H and O–H groups in total. The first-order valence-corrected chi connectivity index (χ1v) is 7.50. The van der Waals surface area contributed by atoms with E-state index in [0.717, 1.165) is 25.1 Å². The molecule has 0 aliphatic carbocycles. The number of aryl methyl sites for hydroxylation is 4. The molecule has 0 radical (unpaired) electrons. The van der Waals surface area contributed by atoms with E-state index in [-0.39, 0.29) is 0 Å². The first-order chi connectivity index (χ1) is 10.1. The number of nitrogens with one attached hydrogen (secondary N) is 1. The van der Waals surface area contributed by atoms with Crippen molar-refractivity contribution in [2.75, 3.05) is 13.1 Å². The lowest BCUT2D eigenvalue weighted by Crippen LogP contribution is -2.24. The molecule has 0 aliphatic rings. The summed E-state index contributed by atoms with van der Waals surface area (Å²) in [6, 6.07) is 4.26. The molecule has 1 aromatic heterocycles. The highest BCUT2D eigenvalue weighted by Crippen LogP contribution is 2.23. The van der Waals surface area contributed by atoms with Gasteiger partial charge in [-0.15, -0.1) is 0 Å². The average molecular weight is 287 g/mol. The smallest absolute Gasteiger partial charge is 0.0945 e. The summed E-state index contributed by atoms with van der Waals surface area (Å²) in [6.45, 7) is 8.65. The van der Waals surface area contributed by atoms with Crippen LogP contribution < -0.4 is 5.32 Å². The zero-order chi connectivity index (χ0) is 15.2. The molecular formula is C17H25N3O. The number of imidazole rings is 1. The molecular weight excluding hydrogens is 262 g/mol. The van der Waals surface area contributed by atoms with Crippen molar-refractivity contribution in [3.05, 3.63) is 53.1 Å². The molecule has 1 heterocycles. The molecule has 0 amide bonds. The highest BCUT2D eigenvalue weighted by molar-refractivity contribution is 5.39. The van der Waals surface area contributed by atoms with Crippen molar-refractivity contribution < 1.29 is 5.11 Å². The van der Waals surface area contributed by atoms with Crippen LogP contribution in [0.15, 0.2) is 30.9 Å². The molecule has 1 aromatic carbocycles. The molecule has 4 heteroatoms. The summed E-state index contributed by atoms with van der Waals surface area (Å²) in [7, 11) is 0. The van der Waals surface area contributed by atoms with Crippen LogP contribution in [0.2, 0.25) is 0 Å². The number of nitrogens with zero attached hydrogens (tertiary/aromatic N) is 2. The Morgan fingerprint density at radius 3 is 2.57 bits per heavy atom. The van der Waals surface area contributed by atoms with Gasteiger partial charge in [-0.3, -0.25) is 0 Å². The molecule has 1 unspecified atom stereocenters. The van der Waals surface area contributed by atoms with Crippen LogP contribution in [0.5, 0.6) is 0 Å². The van der Waals surface area contributed by atoms with E-state index in [2.05, 4.69) is 47.8 Å². The summed E-state index contributed by atoms with van der Waals surface area (Å²) < 4.78 is 2.06. The molecule has 0 saturated carbocycles. The van der Waals surface area contributed by atoms with Crippen molar-refractivity contribution in [3.8, 4) is 0 Å². The SMILES string of the molecule is Cc1cc(C)c(C(O)CNCCCn2ccnc2)c(C)c1. The van der Waals surface area contributed by atoms with Gasteiger partial charge in [0.05, 0.1) is 12.4 Å². The van der Waals surface area contributed by atoms with Gasteiger partial charge in [0, 0.05) is 25.5 Å². The molecule has 1 atom stereocenters. The lowest BCUT2D eigenvalue weighted by atomic mass is 9.95. The zero-order valence-electron chi connectivity index (χ0n) is 13.1. The number of aliphatic hydroxyl groups excluding tert-OH is 1. The van der Waals surface area contributed by atoms with Crippen LogP contribution in [0, 0.1) is 20.8 Å². The third kappa shape index (κ3) is 4.41. The van der Waals surface area contributed by atoms with E-state index in [1.54, 1.807) is 6.20 Å². The van der Waals surface area contributed by atoms with Crippen molar-refractivity contribution in [2.45, 2.75) is 39.8 Å². The van der Waals surface area contributed by atoms with Crippen LogP contribution in [0.4, 0.5) is 0 Å². The summed E-state index contributed by atoms with van der Waals surface area (Å²) in [4.78, 5) is 4.02. The van der Waals surface area contributed by atoms with E-state index in [9.17, 15) is 5.11 Å². The maximum absolute atomic E-state index is 10.4. The predicted molar refractivity (Wildman–Crippen MR) is 85.3 cm³/mol. The van der Waals surface area contributed by atoms with Gasteiger partial charge in [0.15, 0.2) is 0 Å². The van der Waals surface area contributed by atoms with E-state index in [1.165, 1.54) is 16.7 Å². The predicted octanol–water partition coefficient (Wildman–Crippen LogP) is 2.52. The minimum atomic E-state index is -0.446. The Hall–Kier alpha value is -1.65. The Kier molecular flexibility index (Phi) is 5.53. The van der Waals surface area contributed by atoms with Crippen molar-refractivity contribution in [1.29, 1.82) is 0 Å². The van der Waals surface area contributed by atoms with E-state index >= 15 is 0 Å². The monoisotopic (exact) mass is 287 g/mol. The molecule has 4 nitrogen and oxygen atoms in total. The zero-order valence-corrected chi connectivity index (χ0v) is 13.1. The van der Waals surface area contributed by atoms with Crippen LogP contribution in [0.3, 0.4) is 0 Å². The highest BCUT2D eigenvalue weighted by atomic mass is 16.3. The van der Waals surface area contributed by atoms with Gasteiger partial charge in [-0.2, -0.15) is 0 Å². The number of hydrogen-bond acceptors (Lipinski definition) is 3. The second-order valence-electron chi connectivity index (χ2n) is 5.69. The fraction of sp³-hybridized carbons (Fsp3) is 0.471. The molecule has 0 spiro atoms. The Morgan fingerprint density at radius 1 is 1.24 bits per heavy atom. The summed E-state index contributed by atoms with van der Waals surface area (Å²) in [6.07, 6.45) is 6.16. The first kappa shape index (κ1) is 15.7. The number of hydrogen-bond donors (Lipinski definition) is 2. The fourth-order valence-corrected chi connectivity index (χ4v) is 2.86. The van der Waals surface area contributed by atoms with E-state index in [1.807, 2.05) is 12.5 Å². The average Bonchev–Trinajstić information content (AvgIpc) is 2.90. The van der Waals surface area contributed by atoms with Crippen LogP contribution >= 0.6 is 0 Å². The Morgan fingerprint density at radius 2 is 1.95 bits per heavy atom. The number of benzene rings is 1. The highest BCUT2D eigenvalue weighted by Gasteiger charge is 2.13. The summed E-state index contributed by atoms with van der Waals surface area (Å²) >= 11 is 0. The molecule has 0 fully saturated rings. The van der Waals surface area contributed by atoms with Gasteiger partial charge in [0.2, 0.25) is 0 Å². The van der Waals surface area contributed by atoms with Crippen LogP contribution in [0.1, 0.15) is 34.8 Å².